The molecule has 0 aromatic heterocycles. The SMILES string of the molecule is O=C(O)CN(CC1CC1)C(=O)c1cccc(F)c1F. The number of carbonyl (C=O) groups excluding carboxylic acids is 1. The number of halogens is 2. The zero-order chi connectivity index (χ0) is 14.0. The summed E-state index contributed by atoms with van der Waals surface area (Å²) < 4.78 is 26.6. The summed E-state index contributed by atoms with van der Waals surface area (Å²) in [6.45, 7) is -0.244. The molecule has 0 atom stereocenters. The zero-order valence-electron chi connectivity index (χ0n) is 10.1. The van der Waals surface area contributed by atoms with Crippen molar-refractivity contribution in [1.82, 2.24) is 4.90 Å². The molecule has 1 aliphatic rings. The molecule has 19 heavy (non-hydrogen) atoms. The van der Waals surface area contributed by atoms with Gasteiger partial charge in [0.05, 0.1) is 5.56 Å². The average molecular weight is 269 g/mol. The first-order valence-electron chi connectivity index (χ1n) is 5.94. The normalized spacial score (nSPS) is 14.2. The van der Waals surface area contributed by atoms with Gasteiger partial charge in [0.25, 0.3) is 5.91 Å². The van der Waals surface area contributed by atoms with Gasteiger partial charge in [-0.2, -0.15) is 0 Å². The Balaban J connectivity index is 2.21. The van der Waals surface area contributed by atoms with Crippen LogP contribution in [0.2, 0.25) is 0 Å². The molecule has 1 aliphatic carbocycles. The van der Waals surface area contributed by atoms with Gasteiger partial charge in [-0.15, -0.1) is 0 Å². The molecule has 4 nitrogen and oxygen atoms in total. The van der Waals surface area contributed by atoms with Gasteiger partial charge in [-0.1, -0.05) is 6.07 Å². The smallest absolute Gasteiger partial charge is 0.323 e. The Hall–Kier alpha value is -1.98. The summed E-state index contributed by atoms with van der Waals surface area (Å²) in [7, 11) is 0. The Morgan fingerprint density at radius 1 is 1.32 bits per heavy atom. The van der Waals surface area contributed by atoms with Gasteiger partial charge in [0.15, 0.2) is 11.6 Å². The van der Waals surface area contributed by atoms with Gasteiger partial charge in [-0.25, -0.2) is 8.78 Å². The standard InChI is InChI=1S/C13H13F2NO3/c14-10-3-1-2-9(12(10)15)13(19)16(7-11(17)18)6-8-4-5-8/h1-3,8H,4-7H2,(H,17,18). The Kier molecular flexibility index (Phi) is 3.78. The van der Waals surface area contributed by atoms with Crippen LogP contribution in [0.3, 0.4) is 0 Å². The number of nitrogens with zero attached hydrogens (tertiary/aromatic N) is 1. The van der Waals surface area contributed by atoms with E-state index in [4.69, 9.17) is 5.11 Å². The van der Waals surface area contributed by atoms with Crippen LogP contribution in [0.5, 0.6) is 0 Å². The Morgan fingerprint density at radius 2 is 2.00 bits per heavy atom. The van der Waals surface area contributed by atoms with E-state index in [1.54, 1.807) is 0 Å². The van der Waals surface area contributed by atoms with Crippen molar-refractivity contribution in [3.05, 3.63) is 35.4 Å². The van der Waals surface area contributed by atoms with Crippen molar-refractivity contribution in [1.29, 1.82) is 0 Å². The van der Waals surface area contributed by atoms with Crippen LogP contribution in [0.25, 0.3) is 0 Å². The van der Waals surface area contributed by atoms with E-state index in [0.717, 1.165) is 29.9 Å². The van der Waals surface area contributed by atoms with Crippen molar-refractivity contribution in [3.8, 4) is 0 Å². The van der Waals surface area contributed by atoms with Crippen molar-refractivity contribution in [2.24, 2.45) is 5.92 Å². The van der Waals surface area contributed by atoms with E-state index in [1.165, 1.54) is 6.07 Å². The minimum Gasteiger partial charge on any atom is -0.480 e. The molecule has 6 heteroatoms. The van der Waals surface area contributed by atoms with Gasteiger partial charge in [-0.05, 0) is 30.9 Å². The Labute approximate surface area is 108 Å². The second kappa shape index (κ2) is 5.34. The molecule has 1 aromatic carbocycles. The van der Waals surface area contributed by atoms with Crippen molar-refractivity contribution < 1.29 is 23.5 Å². The lowest BCUT2D eigenvalue weighted by Crippen LogP contribution is -2.37. The first-order valence-corrected chi connectivity index (χ1v) is 5.94. The van der Waals surface area contributed by atoms with E-state index in [2.05, 4.69) is 0 Å². The molecular weight excluding hydrogens is 256 g/mol. The van der Waals surface area contributed by atoms with Crippen LogP contribution in [0.1, 0.15) is 23.2 Å². The summed E-state index contributed by atoms with van der Waals surface area (Å²) in [5.41, 5.74) is -0.429. The molecule has 0 aliphatic heterocycles. The van der Waals surface area contributed by atoms with Gasteiger partial charge in [0, 0.05) is 6.54 Å². The molecule has 1 N–H and O–H groups in total. The predicted octanol–water partition coefficient (Wildman–Crippen LogP) is 1.90. The highest BCUT2D eigenvalue weighted by molar-refractivity contribution is 5.96. The molecule has 1 amide bonds. The number of amides is 1. The highest BCUT2D eigenvalue weighted by Gasteiger charge is 2.29. The molecule has 2 rings (SSSR count). The average Bonchev–Trinajstić information content (AvgIpc) is 3.14. The first-order chi connectivity index (χ1) is 8.99. The molecule has 0 bridgehead atoms. The summed E-state index contributed by atoms with van der Waals surface area (Å²) in [4.78, 5) is 23.9. The van der Waals surface area contributed by atoms with Crippen molar-refractivity contribution in [2.45, 2.75) is 12.8 Å². The molecule has 0 unspecified atom stereocenters. The van der Waals surface area contributed by atoms with Crippen LogP contribution in [0.15, 0.2) is 18.2 Å². The summed E-state index contributed by atoms with van der Waals surface area (Å²) >= 11 is 0. The van der Waals surface area contributed by atoms with Crippen molar-refractivity contribution >= 4 is 11.9 Å². The molecule has 0 saturated heterocycles. The van der Waals surface area contributed by atoms with Crippen molar-refractivity contribution in [2.75, 3.05) is 13.1 Å². The highest BCUT2D eigenvalue weighted by Crippen LogP contribution is 2.30. The van der Waals surface area contributed by atoms with Crippen LogP contribution < -0.4 is 0 Å². The maximum atomic E-state index is 13.5. The fourth-order valence-corrected chi connectivity index (χ4v) is 1.83. The topological polar surface area (TPSA) is 57.6 Å². The lowest BCUT2D eigenvalue weighted by Gasteiger charge is -2.20. The maximum Gasteiger partial charge on any atom is 0.323 e. The van der Waals surface area contributed by atoms with E-state index >= 15 is 0 Å². The van der Waals surface area contributed by atoms with Gasteiger partial charge in [-0.3, -0.25) is 9.59 Å². The summed E-state index contributed by atoms with van der Waals surface area (Å²) in [6, 6.07) is 3.29. The molecule has 1 saturated carbocycles. The minimum atomic E-state index is -1.24. The second-order valence-electron chi connectivity index (χ2n) is 4.62. The van der Waals surface area contributed by atoms with Crippen LogP contribution in [0, 0.1) is 17.6 Å². The maximum absolute atomic E-state index is 13.5. The van der Waals surface area contributed by atoms with Crippen LogP contribution in [-0.2, 0) is 4.79 Å². The highest BCUT2D eigenvalue weighted by atomic mass is 19.2. The molecule has 0 spiro atoms. The van der Waals surface area contributed by atoms with Gasteiger partial charge in [0.2, 0.25) is 0 Å². The summed E-state index contributed by atoms with van der Waals surface area (Å²) in [6.07, 6.45) is 1.85. The molecule has 1 aromatic rings. The van der Waals surface area contributed by atoms with E-state index < -0.39 is 35.6 Å². The first kappa shape index (κ1) is 13.5. The largest absolute Gasteiger partial charge is 0.480 e. The molecule has 102 valence electrons. The number of carboxylic acid groups (broad SMARTS) is 1. The Bertz CT molecular complexity index is 515. The second-order valence-corrected chi connectivity index (χ2v) is 4.62. The third-order valence-corrected chi connectivity index (χ3v) is 2.97. The minimum absolute atomic E-state index is 0.264. The zero-order valence-corrected chi connectivity index (χ0v) is 10.1. The number of aliphatic carboxylic acids is 1. The van der Waals surface area contributed by atoms with Crippen LogP contribution in [0.4, 0.5) is 8.78 Å². The van der Waals surface area contributed by atoms with Crippen molar-refractivity contribution in [3.63, 3.8) is 0 Å². The molecular formula is C13H13F2NO3. The van der Waals surface area contributed by atoms with E-state index in [0.29, 0.717) is 0 Å². The number of hydrogen-bond acceptors (Lipinski definition) is 2. The van der Waals surface area contributed by atoms with E-state index in [-0.39, 0.29) is 12.5 Å². The van der Waals surface area contributed by atoms with Gasteiger partial charge in [0.1, 0.15) is 6.54 Å². The van der Waals surface area contributed by atoms with Gasteiger partial charge < -0.3 is 10.0 Å². The molecule has 0 heterocycles. The molecule has 1 fully saturated rings. The number of rotatable bonds is 5. The number of carbonyl (C=O) groups is 2. The van der Waals surface area contributed by atoms with E-state index in [1.807, 2.05) is 0 Å². The van der Waals surface area contributed by atoms with Crippen LogP contribution in [-0.4, -0.2) is 35.0 Å². The fourth-order valence-electron chi connectivity index (χ4n) is 1.83. The Morgan fingerprint density at radius 3 is 2.58 bits per heavy atom. The van der Waals surface area contributed by atoms with E-state index in [9.17, 15) is 18.4 Å². The summed E-state index contributed by atoms with van der Waals surface area (Å²) in [5, 5.41) is 8.78. The van der Waals surface area contributed by atoms with Gasteiger partial charge >= 0.3 is 5.97 Å². The lowest BCUT2D eigenvalue weighted by molar-refractivity contribution is -0.137. The lowest BCUT2D eigenvalue weighted by atomic mass is 10.1. The number of benzene rings is 1. The fraction of sp³-hybridized carbons (Fsp3) is 0.385. The third kappa shape index (κ3) is 3.27. The quantitative estimate of drug-likeness (QED) is 0.888. The number of hydrogen-bond donors (Lipinski definition) is 1. The monoisotopic (exact) mass is 269 g/mol. The number of carboxylic acids is 1. The summed E-state index contributed by atoms with van der Waals surface area (Å²) in [5.74, 6) is -4.05. The van der Waals surface area contributed by atoms with Crippen LogP contribution >= 0.6 is 0 Å². The third-order valence-electron chi connectivity index (χ3n) is 2.97. The molecule has 0 radical (unpaired) electrons. The predicted molar refractivity (Wildman–Crippen MR) is 62.6 cm³/mol.